The maximum Gasteiger partial charge on any atom is 0.000150 e. The molecule has 0 amide bonds. The van der Waals surface area contributed by atoms with Crippen molar-refractivity contribution >= 4 is 57.5 Å². The number of hydrogen-bond donors (Lipinski definition) is 1. The highest BCUT2D eigenvalue weighted by atomic mass is 127. The Morgan fingerprint density at radius 1 is 1.67 bits per heavy atom. The van der Waals surface area contributed by atoms with Crippen LogP contribution in [-0.4, -0.2) is 5.75 Å². The van der Waals surface area contributed by atoms with Gasteiger partial charge in [0.25, 0.3) is 0 Å². The lowest BCUT2D eigenvalue weighted by atomic mass is 11.0. The molecule has 0 heterocycles. The van der Waals surface area contributed by atoms with Gasteiger partial charge < -0.3 is 0 Å². The van der Waals surface area contributed by atoms with E-state index in [0.29, 0.717) is 0 Å². The van der Waals surface area contributed by atoms with E-state index in [1.807, 2.05) is 0 Å². The third-order valence-electron chi connectivity index (χ3n) is 0.347. The molecule has 0 aromatic heterocycles. The van der Waals surface area contributed by atoms with E-state index in [1.165, 1.54) is 5.75 Å². The first-order chi connectivity index (χ1) is 2.56. The molecule has 0 bridgehead atoms. The Labute approximate surface area is 69.1 Å². The van der Waals surface area contributed by atoms with Gasteiger partial charge in [-0.1, -0.05) is 10.3 Å². The van der Waals surface area contributed by atoms with Crippen molar-refractivity contribution in [3.63, 3.8) is 0 Å². The Kier molecular flexibility index (Phi) is 4.40. The minimum atomic E-state index is -0.528. The highest BCUT2D eigenvalue weighted by Gasteiger charge is 2.02. The van der Waals surface area contributed by atoms with Gasteiger partial charge in [-0.05, 0) is 42.4 Å². The predicted octanol–water partition coefficient (Wildman–Crippen LogP) is 3.36. The predicted molar refractivity (Wildman–Crippen MR) is 55.2 cm³/mol. The van der Waals surface area contributed by atoms with Gasteiger partial charge in [0.1, 0.15) is 0 Å². The first kappa shape index (κ1) is 8.16. The molecule has 0 aliphatic carbocycles. The van der Waals surface area contributed by atoms with Crippen LogP contribution in [0.3, 0.4) is 0 Å². The lowest BCUT2D eigenvalue weighted by Crippen LogP contribution is -1.67. The van der Waals surface area contributed by atoms with Crippen molar-refractivity contribution in [2.45, 2.75) is 6.92 Å². The summed E-state index contributed by atoms with van der Waals surface area (Å²) in [5.74, 6) is 1.19. The lowest BCUT2D eigenvalue weighted by Gasteiger charge is -2.13. The second kappa shape index (κ2) is 3.24. The van der Waals surface area contributed by atoms with E-state index >= 15 is 0 Å². The fraction of sp³-hybridized carbons (Fsp3) is 1.00. The molecule has 0 saturated heterocycles. The van der Waals surface area contributed by atoms with Gasteiger partial charge in [-0.2, -0.15) is 0 Å². The minimum absolute atomic E-state index is 0.528. The Hall–Kier alpha value is 2.16. The molecule has 0 atom stereocenters. The fourth-order valence-electron chi connectivity index (χ4n) is 0. The van der Waals surface area contributed by atoms with Crippen molar-refractivity contribution in [2.24, 2.45) is 0 Å². The molecule has 0 aromatic carbocycles. The van der Waals surface area contributed by atoms with Crippen LogP contribution in [0.15, 0.2) is 0 Å². The van der Waals surface area contributed by atoms with Crippen molar-refractivity contribution in [3.8, 4) is 0 Å². The molecule has 0 spiro atoms. The summed E-state index contributed by atoms with van der Waals surface area (Å²) in [5.41, 5.74) is 0. The van der Waals surface area contributed by atoms with Gasteiger partial charge in [0.15, 0.2) is 0 Å². The molecule has 0 rings (SSSR count). The summed E-state index contributed by atoms with van der Waals surface area (Å²) in [6.45, 7) is 2.15. The minimum Gasteiger partial charge on any atom is -0.112 e. The number of rotatable bonds is 1. The van der Waals surface area contributed by atoms with Gasteiger partial charge in [-0.15, -0.1) is 11.7 Å². The maximum atomic E-state index is 4.31. The summed E-state index contributed by atoms with van der Waals surface area (Å²) in [5, 5.41) is 0. The Balaban J connectivity index is 3.17. The highest BCUT2D eigenvalue weighted by molar-refractivity contribution is 14.3. The van der Waals surface area contributed by atoms with Gasteiger partial charge >= 0.3 is 0 Å². The molecule has 6 heavy (non-hydrogen) atoms. The molecule has 4 heteroatoms. The molecule has 0 radical (unpaired) electrons. The zero-order valence-corrected chi connectivity index (χ0v) is 9.34. The average Bonchev–Trinajstić information content (AvgIpc) is 1.35. The highest BCUT2D eigenvalue weighted by Crippen LogP contribution is 2.67. The van der Waals surface area contributed by atoms with E-state index in [0.717, 1.165) is 0 Å². The summed E-state index contributed by atoms with van der Waals surface area (Å²) >= 11 is 9.06. The van der Waals surface area contributed by atoms with E-state index in [-0.39, 0.29) is 0 Å². The molecular weight excluding hydrogens is 342 g/mol. The van der Waals surface area contributed by atoms with Crippen molar-refractivity contribution in [2.75, 3.05) is 5.75 Å². The second-order valence-corrected chi connectivity index (χ2v) is 22.6. The largest absolute Gasteiger partial charge is 0.112 e. The molecule has 0 aliphatic heterocycles. The quantitative estimate of drug-likeness (QED) is 0.419. The van der Waals surface area contributed by atoms with E-state index < -0.39 is 3.40 Å². The third-order valence-corrected chi connectivity index (χ3v) is 5.55. The summed E-state index contributed by atoms with van der Waals surface area (Å²) in [4.78, 5) is 0. The molecule has 0 unspecified atom stereocenters. The summed E-state index contributed by atoms with van der Waals surface area (Å²) in [6.07, 6.45) is 0. The Morgan fingerprint density at radius 3 is 1.83 bits per heavy atom. The molecular formula is C2H6I2S2. The Bertz CT molecular complexity index is 39.3. The summed E-state index contributed by atoms with van der Waals surface area (Å²) < 4.78 is -0.528. The zero-order valence-electron chi connectivity index (χ0n) is 3.32. The number of hydrogen-bond acceptors (Lipinski definition) is 1. The first-order valence-corrected chi connectivity index (χ1v) is 9.43. The van der Waals surface area contributed by atoms with Crippen molar-refractivity contribution in [1.29, 1.82) is 0 Å². The van der Waals surface area contributed by atoms with Crippen LogP contribution in [0.5, 0.6) is 0 Å². The van der Waals surface area contributed by atoms with Gasteiger partial charge in [0.2, 0.25) is 0 Å². The third kappa shape index (κ3) is 6.16. The van der Waals surface area contributed by atoms with Crippen LogP contribution in [0.1, 0.15) is 6.92 Å². The average molecular weight is 348 g/mol. The number of halogens is 2. The van der Waals surface area contributed by atoms with Crippen LogP contribution in [0.4, 0.5) is 0 Å². The molecule has 0 aromatic rings. The summed E-state index contributed by atoms with van der Waals surface area (Å²) in [7, 11) is 0. The van der Waals surface area contributed by atoms with Crippen molar-refractivity contribution < 1.29 is 0 Å². The molecule has 0 fully saturated rings. The lowest BCUT2D eigenvalue weighted by molar-refractivity contribution is 1.54. The van der Waals surface area contributed by atoms with Crippen LogP contribution < -0.4 is 0 Å². The van der Waals surface area contributed by atoms with Crippen LogP contribution in [-0.2, 0) is 0 Å². The maximum absolute atomic E-state index is 4.31. The Morgan fingerprint density at radius 2 is 1.83 bits per heavy atom. The van der Waals surface area contributed by atoms with Gasteiger partial charge in [-0.3, -0.25) is 0 Å². The zero-order chi connectivity index (χ0) is 5.21. The fourth-order valence-corrected chi connectivity index (χ4v) is 0. The van der Waals surface area contributed by atoms with Crippen LogP contribution in [0.2, 0.25) is 0 Å². The number of thiol groups is 1. The van der Waals surface area contributed by atoms with E-state index in [4.69, 9.17) is 0 Å². The van der Waals surface area contributed by atoms with Crippen LogP contribution in [0, 0.1) is 0 Å². The SMILES string of the molecule is CCS(S)(I)I. The van der Waals surface area contributed by atoms with Crippen LogP contribution >= 0.6 is 57.5 Å². The van der Waals surface area contributed by atoms with E-state index in [1.54, 1.807) is 0 Å². The topological polar surface area (TPSA) is 0 Å². The molecule has 0 aliphatic rings. The van der Waals surface area contributed by atoms with E-state index in [2.05, 4.69) is 61.0 Å². The first-order valence-electron chi connectivity index (χ1n) is 1.49. The smallest absolute Gasteiger partial charge is 0.000150 e. The molecule has 40 valence electrons. The second-order valence-electron chi connectivity index (χ2n) is 0.832. The van der Waals surface area contributed by atoms with Crippen molar-refractivity contribution in [1.82, 2.24) is 0 Å². The molecule has 0 N–H and O–H groups in total. The van der Waals surface area contributed by atoms with Crippen LogP contribution in [0.25, 0.3) is 0 Å². The van der Waals surface area contributed by atoms with Gasteiger partial charge in [-0.25, -0.2) is 0 Å². The van der Waals surface area contributed by atoms with Gasteiger partial charge in [0, 0.05) is 5.75 Å². The summed E-state index contributed by atoms with van der Waals surface area (Å²) in [6, 6.07) is 0. The van der Waals surface area contributed by atoms with E-state index in [9.17, 15) is 0 Å². The van der Waals surface area contributed by atoms with Gasteiger partial charge in [0.05, 0.1) is 0 Å². The monoisotopic (exact) mass is 348 g/mol. The molecule has 0 nitrogen and oxygen atoms in total. The van der Waals surface area contributed by atoms with Crippen molar-refractivity contribution in [3.05, 3.63) is 0 Å². The molecule has 0 saturated carbocycles. The standard InChI is InChI=1S/C2H6I2S2/c1-2-6(3,4)5/h5H,2H2,1H3. The normalized spacial score (nSPS) is 14.7.